The maximum atomic E-state index is 13.7. The number of para-hydroxylation sites is 1. The number of carbonyl (C=O) groups excluding carboxylic acids is 2. The summed E-state index contributed by atoms with van der Waals surface area (Å²) in [6, 6.07) is 21.2. The van der Waals surface area contributed by atoms with Crippen molar-refractivity contribution in [1.82, 2.24) is 5.32 Å². The number of benzene rings is 3. The SMILES string of the molecule is CN1C(=O)C(NC(=O)OC(C)(C)C)(c2cccc3ccccc23)c2ccccc21. The Morgan fingerprint density at radius 1 is 0.931 bits per heavy atom. The number of rotatable bonds is 2. The lowest BCUT2D eigenvalue weighted by Crippen LogP contribution is -2.54. The molecule has 148 valence electrons. The van der Waals surface area contributed by atoms with E-state index in [1.807, 2.05) is 66.7 Å². The summed E-state index contributed by atoms with van der Waals surface area (Å²) >= 11 is 0. The smallest absolute Gasteiger partial charge is 0.409 e. The van der Waals surface area contributed by atoms with Crippen molar-refractivity contribution in [3.8, 4) is 0 Å². The van der Waals surface area contributed by atoms with E-state index < -0.39 is 17.2 Å². The number of anilines is 1. The molecular formula is C24H24N2O3. The molecule has 0 radical (unpaired) electrons. The summed E-state index contributed by atoms with van der Waals surface area (Å²) in [6.45, 7) is 5.40. The van der Waals surface area contributed by atoms with Gasteiger partial charge in [-0.3, -0.25) is 10.1 Å². The summed E-state index contributed by atoms with van der Waals surface area (Å²) in [5, 5.41) is 4.84. The van der Waals surface area contributed by atoms with Gasteiger partial charge in [-0.1, -0.05) is 60.7 Å². The molecule has 0 aromatic heterocycles. The van der Waals surface area contributed by atoms with Crippen molar-refractivity contribution in [2.75, 3.05) is 11.9 Å². The molecule has 0 aliphatic carbocycles. The molecule has 4 rings (SSSR count). The number of hydrogen-bond acceptors (Lipinski definition) is 3. The summed E-state index contributed by atoms with van der Waals surface area (Å²) in [7, 11) is 1.73. The van der Waals surface area contributed by atoms with Crippen molar-refractivity contribution in [2.45, 2.75) is 31.9 Å². The first-order valence-electron chi connectivity index (χ1n) is 9.61. The fourth-order valence-corrected chi connectivity index (χ4v) is 4.02. The van der Waals surface area contributed by atoms with E-state index >= 15 is 0 Å². The van der Waals surface area contributed by atoms with Crippen LogP contribution in [0.4, 0.5) is 10.5 Å². The Balaban J connectivity index is 1.99. The van der Waals surface area contributed by atoms with Crippen LogP contribution in [0.25, 0.3) is 10.8 Å². The van der Waals surface area contributed by atoms with Crippen molar-refractivity contribution >= 4 is 28.5 Å². The van der Waals surface area contributed by atoms with E-state index in [9.17, 15) is 9.59 Å². The highest BCUT2D eigenvalue weighted by atomic mass is 16.6. The molecule has 1 aliphatic heterocycles. The number of nitrogens with one attached hydrogen (secondary N) is 1. The summed E-state index contributed by atoms with van der Waals surface area (Å²) < 4.78 is 5.54. The van der Waals surface area contributed by atoms with E-state index in [0.717, 1.165) is 27.6 Å². The second-order valence-electron chi connectivity index (χ2n) is 8.28. The Hall–Kier alpha value is -3.34. The first-order valence-corrected chi connectivity index (χ1v) is 9.61. The van der Waals surface area contributed by atoms with Crippen molar-refractivity contribution in [3.63, 3.8) is 0 Å². The van der Waals surface area contributed by atoms with E-state index in [2.05, 4.69) is 5.32 Å². The van der Waals surface area contributed by atoms with E-state index in [-0.39, 0.29) is 5.91 Å². The molecule has 1 heterocycles. The molecular weight excluding hydrogens is 364 g/mol. The predicted molar refractivity (Wildman–Crippen MR) is 114 cm³/mol. The van der Waals surface area contributed by atoms with E-state index in [1.165, 1.54) is 0 Å². The van der Waals surface area contributed by atoms with Crippen LogP contribution in [0.3, 0.4) is 0 Å². The standard InChI is InChI=1S/C24H24N2O3/c1-23(2,3)29-22(28)25-24(18-14-9-11-16-10-5-6-12-17(16)18)19-13-7-8-15-20(19)26(4)21(24)27/h5-15H,1-4H3,(H,25,28). The van der Waals surface area contributed by atoms with Gasteiger partial charge in [0.05, 0.1) is 0 Å². The summed E-state index contributed by atoms with van der Waals surface area (Å²) in [4.78, 5) is 28.2. The molecule has 0 bridgehead atoms. The van der Waals surface area contributed by atoms with Gasteiger partial charge in [-0.25, -0.2) is 4.79 Å². The zero-order valence-electron chi connectivity index (χ0n) is 17.0. The molecule has 3 aromatic rings. The molecule has 0 saturated carbocycles. The third kappa shape index (κ3) is 3.03. The van der Waals surface area contributed by atoms with Crippen LogP contribution in [0.5, 0.6) is 0 Å². The minimum Gasteiger partial charge on any atom is -0.444 e. The number of hydrogen-bond donors (Lipinski definition) is 1. The Bertz CT molecular complexity index is 1110. The third-order valence-electron chi connectivity index (χ3n) is 5.18. The first kappa shape index (κ1) is 19.0. The van der Waals surface area contributed by atoms with Crippen LogP contribution < -0.4 is 10.2 Å². The number of amides is 2. The molecule has 5 nitrogen and oxygen atoms in total. The zero-order chi connectivity index (χ0) is 20.8. The van der Waals surface area contributed by atoms with Gasteiger partial charge in [-0.15, -0.1) is 0 Å². The fraction of sp³-hybridized carbons (Fsp3) is 0.250. The number of fused-ring (bicyclic) bond motifs is 2. The van der Waals surface area contributed by atoms with Crippen molar-refractivity contribution in [3.05, 3.63) is 77.9 Å². The van der Waals surface area contributed by atoms with Gasteiger partial charge in [-0.2, -0.15) is 0 Å². The normalized spacial score (nSPS) is 18.6. The molecule has 3 aromatic carbocycles. The molecule has 0 saturated heterocycles. The van der Waals surface area contributed by atoms with Crippen molar-refractivity contribution < 1.29 is 14.3 Å². The molecule has 1 atom stereocenters. The van der Waals surface area contributed by atoms with Gasteiger partial charge < -0.3 is 9.64 Å². The molecule has 2 amide bonds. The summed E-state index contributed by atoms with van der Waals surface area (Å²) in [6.07, 6.45) is -0.635. The number of ether oxygens (including phenoxy) is 1. The van der Waals surface area contributed by atoms with Crippen LogP contribution >= 0.6 is 0 Å². The molecule has 1 aliphatic rings. The van der Waals surface area contributed by atoms with Crippen LogP contribution in [0.1, 0.15) is 31.9 Å². The van der Waals surface area contributed by atoms with Gasteiger partial charge in [0.2, 0.25) is 0 Å². The first-order chi connectivity index (χ1) is 13.7. The second-order valence-corrected chi connectivity index (χ2v) is 8.28. The van der Waals surface area contributed by atoms with Gasteiger partial charge >= 0.3 is 6.09 Å². The Morgan fingerprint density at radius 3 is 2.31 bits per heavy atom. The van der Waals surface area contributed by atoms with Crippen LogP contribution in [0.15, 0.2) is 66.7 Å². The topological polar surface area (TPSA) is 58.6 Å². The second kappa shape index (κ2) is 6.62. The zero-order valence-corrected chi connectivity index (χ0v) is 17.0. The Kier molecular flexibility index (Phi) is 4.34. The molecule has 1 unspecified atom stereocenters. The van der Waals surface area contributed by atoms with Gasteiger partial charge in [0.25, 0.3) is 5.91 Å². The predicted octanol–water partition coefficient (Wildman–Crippen LogP) is 4.58. The quantitative estimate of drug-likeness (QED) is 0.699. The minimum atomic E-state index is -1.37. The van der Waals surface area contributed by atoms with Gasteiger partial charge in [-0.05, 0) is 43.2 Å². The highest BCUT2D eigenvalue weighted by molar-refractivity contribution is 6.13. The van der Waals surface area contributed by atoms with E-state index in [4.69, 9.17) is 4.74 Å². The highest BCUT2D eigenvalue weighted by Gasteiger charge is 2.53. The summed E-state index contributed by atoms with van der Waals surface area (Å²) in [5.74, 6) is -0.221. The lowest BCUT2D eigenvalue weighted by atomic mass is 9.81. The van der Waals surface area contributed by atoms with Crippen molar-refractivity contribution in [2.24, 2.45) is 0 Å². The molecule has 29 heavy (non-hydrogen) atoms. The number of carbonyl (C=O) groups is 2. The third-order valence-corrected chi connectivity index (χ3v) is 5.18. The Morgan fingerprint density at radius 2 is 1.55 bits per heavy atom. The maximum Gasteiger partial charge on any atom is 0.409 e. The Labute approximate surface area is 170 Å². The molecule has 0 fully saturated rings. The average molecular weight is 388 g/mol. The molecule has 5 heteroatoms. The molecule has 1 N–H and O–H groups in total. The van der Waals surface area contributed by atoms with Gasteiger partial charge in [0, 0.05) is 18.3 Å². The van der Waals surface area contributed by atoms with Crippen LogP contribution in [-0.4, -0.2) is 24.6 Å². The lowest BCUT2D eigenvalue weighted by Gasteiger charge is -2.32. The van der Waals surface area contributed by atoms with Gasteiger partial charge in [0.1, 0.15) is 5.60 Å². The molecule has 0 spiro atoms. The minimum absolute atomic E-state index is 0.221. The highest BCUT2D eigenvalue weighted by Crippen LogP contribution is 2.45. The van der Waals surface area contributed by atoms with Crippen LogP contribution in [0, 0.1) is 0 Å². The number of likely N-dealkylation sites (N-methyl/N-ethyl adjacent to an activating group) is 1. The van der Waals surface area contributed by atoms with Crippen LogP contribution in [0.2, 0.25) is 0 Å². The largest absolute Gasteiger partial charge is 0.444 e. The van der Waals surface area contributed by atoms with Crippen LogP contribution in [-0.2, 0) is 15.1 Å². The lowest BCUT2D eigenvalue weighted by molar-refractivity contribution is -0.122. The van der Waals surface area contributed by atoms with E-state index in [1.54, 1.807) is 32.7 Å². The fourth-order valence-electron chi connectivity index (χ4n) is 4.02. The number of nitrogens with zero attached hydrogens (tertiary/aromatic N) is 1. The maximum absolute atomic E-state index is 13.7. The average Bonchev–Trinajstić information content (AvgIpc) is 2.89. The number of alkyl carbamates (subject to hydrolysis) is 1. The van der Waals surface area contributed by atoms with Gasteiger partial charge in [0.15, 0.2) is 5.54 Å². The van der Waals surface area contributed by atoms with E-state index in [0.29, 0.717) is 0 Å². The summed E-state index contributed by atoms with van der Waals surface area (Å²) in [5.41, 5.74) is 0.172. The van der Waals surface area contributed by atoms with Crippen molar-refractivity contribution in [1.29, 1.82) is 0 Å². The monoisotopic (exact) mass is 388 g/mol.